The number of rotatable bonds is 6. The lowest BCUT2D eigenvalue weighted by Gasteiger charge is -2.18. The standard InChI is InChI=1S/C15H20Cl3N3O2/c1-4-21(5-2)9-13(22)20-12-7-6-11(8-10(12)3)19-14(23)15(16,17)18/h6-8H,4-5,9H2,1-3H3,(H,19,23)(H,20,22). The Morgan fingerprint density at radius 3 is 2.22 bits per heavy atom. The maximum Gasteiger partial charge on any atom is 0.276 e. The number of carbonyl (C=O) groups is 2. The smallest absolute Gasteiger partial charge is 0.276 e. The van der Waals surface area contributed by atoms with Gasteiger partial charge in [0, 0.05) is 11.4 Å². The molecule has 1 rings (SSSR count). The fourth-order valence-corrected chi connectivity index (χ4v) is 2.07. The maximum absolute atomic E-state index is 12.0. The van der Waals surface area contributed by atoms with Gasteiger partial charge >= 0.3 is 0 Å². The lowest BCUT2D eigenvalue weighted by atomic mass is 10.1. The number of nitrogens with zero attached hydrogens (tertiary/aromatic N) is 1. The Morgan fingerprint density at radius 1 is 1.13 bits per heavy atom. The van der Waals surface area contributed by atoms with E-state index in [0.717, 1.165) is 18.7 Å². The van der Waals surface area contributed by atoms with E-state index in [1.165, 1.54) is 0 Å². The van der Waals surface area contributed by atoms with Gasteiger partial charge < -0.3 is 10.6 Å². The van der Waals surface area contributed by atoms with E-state index in [1.807, 2.05) is 25.7 Å². The van der Waals surface area contributed by atoms with Gasteiger partial charge in [0.15, 0.2) is 0 Å². The summed E-state index contributed by atoms with van der Waals surface area (Å²) >= 11 is 16.5. The summed E-state index contributed by atoms with van der Waals surface area (Å²) in [6.07, 6.45) is 0. The molecule has 23 heavy (non-hydrogen) atoms. The topological polar surface area (TPSA) is 61.4 Å². The fraction of sp³-hybridized carbons (Fsp3) is 0.467. The monoisotopic (exact) mass is 379 g/mol. The van der Waals surface area contributed by atoms with Gasteiger partial charge in [-0.1, -0.05) is 48.7 Å². The van der Waals surface area contributed by atoms with Crippen molar-refractivity contribution in [1.29, 1.82) is 0 Å². The highest BCUT2D eigenvalue weighted by Crippen LogP contribution is 2.28. The summed E-state index contributed by atoms with van der Waals surface area (Å²) in [5.74, 6) is -0.824. The number of benzene rings is 1. The Balaban J connectivity index is 2.73. The number of likely N-dealkylation sites (N-methyl/N-ethyl adjacent to an activating group) is 1. The molecule has 2 N–H and O–H groups in total. The molecule has 1 aromatic rings. The van der Waals surface area contributed by atoms with Crippen LogP contribution in [0.4, 0.5) is 11.4 Å². The molecule has 1 aromatic carbocycles. The number of hydrogen-bond acceptors (Lipinski definition) is 3. The number of carbonyl (C=O) groups excluding carboxylic acids is 2. The van der Waals surface area contributed by atoms with Crippen molar-refractivity contribution in [3.8, 4) is 0 Å². The molecule has 0 aliphatic carbocycles. The minimum Gasteiger partial charge on any atom is -0.325 e. The molecule has 5 nitrogen and oxygen atoms in total. The third-order valence-corrected chi connectivity index (χ3v) is 3.79. The van der Waals surface area contributed by atoms with Gasteiger partial charge in [-0.15, -0.1) is 0 Å². The molecule has 0 saturated heterocycles. The quantitative estimate of drug-likeness (QED) is 0.742. The molecule has 0 fully saturated rings. The van der Waals surface area contributed by atoms with Crippen molar-refractivity contribution in [3.63, 3.8) is 0 Å². The van der Waals surface area contributed by atoms with Crippen LogP contribution in [0.2, 0.25) is 0 Å². The van der Waals surface area contributed by atoms with E-state index in [0.29, 0.717) is 17.9 Å². The Kier molecular flexibility index (Phi) is 7.61. The van der Waals surface area contributed by atoms with E-state index in [4.69, 9.17) is 34.8 Å². The summed E-state index contributed by atoms with van der Waals surface area (Å²) in [5, 5.41) is 5.35. The fourth-order valence-electron chi connectivity index (χ4n) is 1.92. The molecule has 0 aromatic heterocycles. The van der Waals surface area contributed by atoms with E-state index in [1.54, 1.807) is 18.2 Å². The number of anilines is 2. The molecular formula is C15H20Cl3N3O2. The first-order valence-corrected chi connectivity index (χ1v) is 8.31. The zero-order chi connectivity index (χ0) is 17.6. The van der Waals surface area contributed by atoms with Gasteiger partial charge in [0.1, 0.15) is 0 Å². The van der Waals surface area contributed by atoms with Crippen LogP contribution in [0, 0.1) is 6.92 Å². The van der Waals surface area contributed by atoms with Crippen LogP contribution in [0.5, 0.6) is 0 Å². The van der Waals surface area contributed by atoms with Crippen LogP contribution in [0.1, 0.15) is 19.4 Å². The third-order valence-electron chi connectivity index (χ3n) is 3.28. The van der Waals surface area contributed by atoms with E-state index in [2.05, 4.69) is 10.6 Å². The first kappa shape index (κ1) is 20.0. The summed E-state index contributed by atoms with van der Waals surface area (Å²) < 4.78 is -2.02. The van der Waals surface area contributed by atoms with E-state index in [9.17, 15) is 9.59 Å². The van der Waals surface area contributed by atoms with Crippen LogP contribution < -0.4 is 10.6 Å². The second kappa shape index (κ2) is 8.73. The van der Waals surface area contributed by atoms with Crippen LogP contribution in [0.15, 0.2) is 18.2 Å². The molecule has 128 valence electrons. The molecule has 0 aliphatic heterocycles. The van der Waals surface area contributed by atoms with E-state index >= 15 is 0 Å². The Morgan fingerprint density at radius 2 is 1.74 bits per heavy atom. The summed E-state index contributed by atoms with van der Waals surface area (Å²) in [7, 11) is 0. The second-order valence-electron chi connectivity index (χ2n) is 4.99. The van der Waals surface area contributed by atoms with Crippen molar-refractivity contribution in [1.82, 2.24) is 4.90 Å². The molecule has 0 radical (unpaired) electrons. The zero-order valence-corrected chi connectivity index (χ0v) is 15.5. The SMILES string of the molecule is CCN(CC)CC(=O)Nc1ccc(NC(=O)C(Cl)(Cl)Cl)cc1C. The predicted octanol–water partition coefficient (Wildman–Crippen LogP) is 3.58. The van der Waals surface area contributed by atoms with Gasteiger partial charge in [-0.25, -0.2) is 0 Å². The van der Waals surface area contributed by atoms with Crippen molar-refractivity contribution < 1.29 is 9.59 Å². The molecule has 8 heteroatoms. The van der Waals surface area contributed by atoms with Crippen LogP contribution in [-0.2, 0) is 9.59 Å². The molecular weight excluding hydrogens is 361 g/mol. The van der Waals surface area contributed by atoms with Crippen LogP contribution >= 0.6 is 34.8 Å². The first-order chi connectivity index (χ1) is 10.7. The largest absolute Gasteiger partial charge is 0.325 e. The minimum absolute atomic E-state index is 0.0881. The summed E-state index contributed by atoms with van der Waals surface area (Å²) in [6, 6.07) is 5.03. The van der Waals surface area contributed by atoms with E-state index < -0.39 is 9.70 Å². The highest BCUT2D eigenvalue weighted by Gasteiger charge is 2.30. The average Bonchev–Trinajstić information content (AvgIpc) is 2.46. The highest BCUT2D eigenvalue weighted by atomic mass is 35.6. The number of nitrogens with one attached hydrogen (secondary N) is 2. The number of aryl methyl sites for hydroxylation is 1. The molecule has 0 heterocycles. The van der Waals surface area contributed by atoms with Crippen molar-refractivity contribution in [3.05, 3.63) is 23.8 Å². The van der Waals surface area contributed by atoms with Crippen LogP contribution in [0.3, 0.4) is 0 Å². The van der Waals surface area contributed by atoms with Crippen LogP contribution in [-0.4, -0.2) is 40.1 Å². The second-order valence-corrected chi connectivity index (χ2v) is 7.27. The normalized spacial score (nSPS) is 11.4. The number of halogens is 3. The summed E-state index contributed by atoms with van der Waals surface area (Å²) in [6.45, 7) is 7.78. The van der Waals surface area contributed by atoms with E-state index in [-0.39, 0.29) is 5.91 Å². The van der Waals surface area contributed by atoms with Crippen molar-refractivity contribution in [2.24, 2.45) is 0 Å². The zero-order valence-electron chi connectivity index (χ0n) is 13.3. The van der Waals surface area contributed by atoms with Crippen molar-refractivity contribution >= 4 is 58.0 Å². The molecule has 0 spiro atoms. The summed E-state index contributed by atoms with van der Waals surface area (Å²) in [5.41, 5.74) is 1.95. The van der Waals surface area contributed by atoms with Gasteiger partial charge in [0.05, 0.1) is 6.54 Å². The summed E-state index contributed by atoms with van der Waals surface area (Å²) in [4.78, 5) is 25.6. The van der Waals surface area contributed by atoms with Gasteiger partial charge in [-0.05, 0) is 43.8 Å². The van der Waals surface area contributed by atoms with Gasteiger partial charge in [-0.3, -0.25) is 14.5 Å². The first-order valence-electron chi connectivity index (χ1n) is 7.18. The minimum atomic E-state index is -2.02. The van der Waals surface area contributed by atoms with Gasteiger partial charge in [0.2, 0.25) is 5.91 Å². The number of hydrogen-bond donors (Lipinski definition) is 2. The lowest BCUT2D eigenvalue weighted by Crippen LogP contribution is -2.33. The predicted molar refractivity (Wildman–Crippen MR) is 96.5 cm³/mol. The molecule has 0 bridgehead atoms. The number of alkyl halides is 3. The van der Waals surface area contributed by atoms with Crippen molar-refractivity contribution in [2.75, 3.05) is 30.3 Å². The Hall–Kier alpha value is -1.01. The molecule has 2 amide bonds. The average molecular weight is 381 g/mol. The van der Waals surface area contributed by atoms with Crippen molar-refractivity contribution in [2.45, 2.75) is 24.6 Å². The van der Waals surface area contributed by atoms with Gasteiger partial charge in [-0.2, -0.15) is 0 Å². The number of amides is 2. The molecule has 0 saturated carbocycles. The Bertz CT molecular complexity index is 570. The molecule has 0 unspecified atom stereocenters. The lowest BCUT2D eigenvalue weighted by molar-refractivity contribution is -0.117. The van der Waals surface area contributed by atoms with Gasteiger partial charge in [0.25, 0.3) is 9.70 Å². The Labute approximate surface area is 151 Å². The molecule has 0 aliphatic rings. The maximum atomic E-state index is 12.0. The highest BCUT2D eigenvalue weighted by molar-refractivity contribution is 6.76. The third kappa shape index (κ3) is 6.55. The van der Waals surface area contributed by atoms with Crippen LogP contribution in [0.25, 0.3) is 0 Å². The molecule has 0 atom stereocenters.